The van der Waals surface area contributed by atoms with E-state index in [0.717, 1.165) is 0 Å². The van der Waals surface area contributed by atoms with Crippen LogP contribution < -0.4 is 10.6 Å². The SMILES string of the molecule is CSCC[C@@H](NC(=O)/C(=C/c1ccco1)NC(=O)c1ccc(Br)o1)C(=O)O. The number of thioether (sulfide) groups is 1. The van der Waals surface area contributed by atoms with Crippen LogP contribution in [0.15, 0.2) is 49.7 Å². The fourth-order valence-corrected chi connectivity index (χ4v) is 2.80. The number of rotatable bonds is 9. The lowest BCUT2D eigenvalue weighted by atomic mass is 10.2. The van der Waals surface area contributed by atoms with Crippen molar-refractivity contribution >= 4 is 51.6 Å². The van der Waals surface area contributed by atoms with Gasteiger partial charge in [0.1, 0.15) is 17.5 Å². The molecule has 3 N–H and O–H groups in total. The summed E-state index contributed by atoms with van der Waals surface area (Å²) in [6.07, 6.45) is 4.80. The Kier molecular flexibility index (Phi) is 7.74. The van der Waals surface area contributed by atoms with Gasteiger partial charge < -0.3 is 24.6 Å². The van der Waals surface area contributed by atoms with E-state index in [1.54, 1.807) is 12.1 Å². The molecule has 0 aromatic carbocycles. The normalized spacial score (nSPS) is 12.4. The van der Waals surface area contributed by atoms with Crippen LogP contribution in [0.5, 0.6) is 0 Å². The van der Waals surface area contributed by atoms with Crippen molar-refractivity contribution in [2.75, 3.05) is 12.0 Å². The quantitative estimate of drug-likeness (QED) is 0.495. The molecule has 0 aliphatic rings. The highest BCUT2D eigenvalue weighted by Gasteiger charge is 2.23. The first kappa shape index (κ1) is 20.8. The number of halogens is 1. The van der Waals surface area contributed by atoms with Crippen LogP contribution in [-0.4, -0.2) is 40.9 Å². The Morgan fingerprint density at radius 1 is 1.33 bits per heavy atom. The molecule has 0 saturated carbocycles. The Morgan fingerprint density at radius 2 is 2.11 bits per heavy atom. The van der Waals surface area contributed by atoms with Crippen molar-refractivity contribution in [2.24, 2.45) is 0 Å². The van der Waals surface area contributed by atoms with Crippen molar-refractivity contribution in [1.82, 2.24) is 10.6 Å². The van der Waals surface area contributed by atoms with Gasteiger partial charge in [0, 0.05) is 6.08 Å². The van der Waals surface area contributed by atoms with Crippen LogP contribution in [0.4, 0.5) is 0 Å². The zero-order valence-electron chi connectivity index (χ0n) is 14.2. The van der Waals surface area contributed by atoms with Crippen molar-refractivity contribution in [1.29, 1.82) is 0 Å². The Bertz CT molecular complexity index is 830. The second kappa shape index (κ2) is 10.0. The van der Waals surface area contributed by atoms with E-state index in [9.17, 15) is 19.5 Å². The van der Waals surface area contributed by atoms with Gasteiger partial charge in [0.2, 0.25) is 0 Å². The van der Waals surface area contributed by atoms with E-state index in [0.29, 0.717) is 16.2 Å². The molecule has 0 bridgehead atoms. The molecule has 2 aromatic heterocycles. The van der Waals surface area contributed by atoms with Gasteiger partial charge in [-0.2, -0.15) is 11.8 Å². The first-order chi connectivity index (χ1) is 12.9. The largest absolute Gasteiger partial charge is 0.480 e. The van der Waals surface area contributed by atoms with E-state index in [4.69, 9.17) is 8.83 Å². The Morgan fingerprint density at radius 3 is 2.67 bits per heavy atom. The van der Waals surface area contributed by atoms with Gasteiger partial charge in [-0.15, -0.1) is 0 Å². The maximum absolute atomic E-state index is 12.6. The van der Waals surface area contributed by atoms with E-state index in [1.165, 1.54) is 36.2 Å². The lowest BCUT2D eigenvalue weighted by Crippen LogP contribution is -2.44. The average Bonchev–Trinajstić information content (AvgIpc) is 3.29. The van der Waals surface area contributed by atoms with Gasteiger partial charge >= 0.3 is 5.97 Å². The van der Waals surface area contributed by atoms with E-state index in [-0.39, 0.29) is 17.9 Å². The highest BCUT2D eigenvalue weighted by Crippen LogP contribution is 2.15. The predicted octanol–water partition coefficient (Wildman–Crippen LogP) is 2.73. The molecule has 0 aliphatic carbocycles. The molecular weight excluding hydrogens is 440 g/mol. The van der Waals surface area contributed by atoms with Gasteiger partial charge in [-0.1, -0.05) is 0 Å². The summed E-state index contributed by atoms with van der Waals surface area (Å²) in [5, 5.41) is 14.1. The number of nitrogens with one attached hydrogen (secondary N) is 2. The number of hydrogen-bond acceptors (Lipinski definition) is 6. The van der Waals surface area contributed by atoms with E-state index >= 15 is 0 Å². The monoisotopic (exact) mass is 456 g/mol. The molecule has 2 aromatic rings. The summed E-state index contributed by atoms with van der Waals surface area (Å²) in [5.41, 5.74) is -0.169. The molecule has 144 valence electrons. The molecule has 0 unspecified atom stereocenters. The molecule has 2 heterocycles. The van der Waals surface area contributed by atoms with E-state index < -0.39 is 23.8 Å². The van der Waals surface area contributed by atoms with Gasteiger partial charge in [0.05, 0.1) is 6.26 Å². The standard InChI is InChI=1S/C17H17BrN2O6S/c1-27-8-6-11(17(23)24)19-15(21)12(9-10-3-2-7-25-10)20-16(22)13-4-5-14(18)26-13/h2-5,7,9,11H,6,8H2,1H3,(H,19,21)(H,20,22)(H,23,24)/b12-9-/t11-/m1/s1. The maximum Gasteiger partial charge on any atom is 0.326 e. The molecule has 27 heavy (non-hydrogen) atoms. The Hall–Kier alpha value is -2.46. The predicted molar refractivity (Wildman–Crippen MR) is 103 cm³/mol. The maximum atomic E-state index is 12.6. The van der Waals surface area contributed by atoms with E-state index in [1.807, 2.05) is 6.26 Å². The van der Waals surface area contributed by atoms with Crippen molar-refractivity contribution in [2.45, 2.75) is 12.5 Å². The third kappa shape index (κ3) is 6.33. The molecule has 0 aliphatic heterocycles. The zero-order chi connectivity index (χ0) is 19.8. The smallest absolute Gasteiger partial charge is 0.326 e. The highest BCUT2D eigenvalue weighted by molar-refractivity contribution is 9.10. The number of amides is 2. The second-order valence-corrected chi connectivity index (χ2v) is 7.04. The van der Waals surface area contributed by atoms with Crippen LogP contribution >= 0.6 is 27.7 Å². The van der Waals surface area contributed by atoms with Crippen LogP contribution in [0.2, 0.25) is 0 Å². The summed E-state index contributed by atoms with van der Waals surface area (Å²) in [6, 6.07) is 5.09. The van der Waals surface area contributed by atoms with Gasteiger partial charge in [0.15, 0.2) is 10.4 Å². The van der Waals surface area contributed by atoms with Crippen LogP contribution in [0.3, 0.4) is 0 Å². The first-order valence-electron chi connectivity index (χ1n) is 7.75. The number of carbonyl (C=O) groups excluding carboxylic acids is 2. The fraction of sp³-hybridized carbons (Fsp3) is 0.235. The zero-order valence-corrected chi connectivity index (χ0v) is 16.6. The van der Waals surface area contributed by atoms with Crippen molar-refractivity contribution < 1.29 is 28.3 Å². The second-order valence-electron chi connectivity index (χ2n) is 5.28. The summed E-state index contributed by atoms with van der Waals surface area (Å²) in [5.74, 6) is -1.71. The fourth-order valence-electron chi connectivity index (χ4n) is 2.02. The van der Waals surface area contributed by atoms with Gasteiger partial charge in [-0.25, -0.2) is 4.79 Å². The number of carbonyl (C=O) groups is 3. The molecule has 8 nitrogen and oxygen atoms in total. The van der Waals surface area contributed by atoms with Crippen molar-refractivity contribution in [3.8, 4) is 0 Å². The summed E-state index contributed by atoms with van der Waals surface area (Å²) in [4.78, 5) is 36.2. The van der Waals surface area contributed by atoms with E-state index in [2.05, 4.69) is 26.6 Å². The topological polar surface area (TPSA) is 122 Å². The average molecular weight is 457 g/mol. The van der Waals surface area contributed by atoms with Crippen LogP contribution in [0, 0.1) is 0 Å². The lowest BCUT2D eigenvalue weighted by Gasteiger charge is -2.15. The van der Waals surface area contributed by atoms with Crippen molar-refractivity contribution in [3.63, 3.8) is 0 Å². The first-order valence-corrected chi connectivity index (χ1v) is 9.94. The molecule has 0 spiro atoms. The molecule has 1 atom stereocenters. The third-order valence-electron chi connectivity index (χ3n) is 3.33. The number of aliphatic carboxylic acids is 1. The summed E-state index contributed by atoms with van der Waals surface area (Å²) in [6.45, 7) is 0. The van der Waals surface area contributed by atoms with Crippen LogP contribution in [0.1, 0.15) is 22.7 Å². The number of carboxylic acid groups (broad SMARTS) is 1. The molecule has 0 saturated heterocycles. The molecule has 10 heteroatoms. The Labute approximate surface area is 167 Å². The number of carboxylic acids is 1. The lowest BCUT2D eigenvalue weighted by molar-refractivity contribution is -0.141. The Balaban J connectivity index is 2.20. The van der Waals surface area contributed by atoms with Crippen LogP contribution in [-0.2, 0) is 9.59 Å². The summed E-state index contributed by atoms with van der Waals surface area (Å²) < 4.78 is 10.7. The minimum atomic E-state index is -1.16. The van der Waals surface area contributed by atoms with Gasteiger partial charge in [0.25, 0.3) is 11.8 Å². The molecule has 0 fully saturated rings. The molecule has 0 radical (unpaired) electrons. The molecule has 2 rings (SSSR count). The van der Waals surface area contributed by atoms with Gasteiger partial charge in [-0.05, 0) is 58.6 Å². The minimum absolute atomic E-state index is 0.0165. The number of hydrogen-bond donors (Lipinski definition) is 3. The third-order valence-corrected chi connectivity index (χ3v) is 4.40. The summed E-state index contributed by atoms with van der Waals surface area (Å²) >= 11 is 4.56. The summed E-state index contributed by atoms with van der Waals surface area (Å²) in [7, 11) is 0. The molecule has 2 amide bonds. The number of furan rings is 2. The van der Waals surface area contributed by atoms with Crippen molar-refractivity contribution in [3.05, 3.63) is 52.4 Å². The molecular formula is C17H17BrN2O6S. The minimum Gasteiger partial charge on any atom is -0.480 e. The highest BCUT2D eigenvalue weighted by atomic mass is 79.9. The van der Waals surface area contributed by atoms with Gasteiger partial charge in [-0.3, -0.25) is 9.59 Å². The van der Waals surface area contributed by atoms with Crippen LogP contribution in [0.25, 0.3) is 6.08 Å².